The molecule has 2 aliphatic heterocycles. The van der Waals surface area contributed by atoms with Crippen molar-refractivity contribution in [3.05, 3.63) is 9.93 Å². The number of fused-ring (bicyclic) bond motifs is 1. The Morgan fingerprint density at radius 2 is 2.11 bits per heavy atom. The number of hydrogen-bond acceptors (Lipinski definition) is 6. The number of aliphatic hydroxyl groups excluding tert-OH is 1. The first-order valence-corrected chi connectivity index (χ1v) is 6.88. The second-order valence-corrected chi connectivity index (χ2v) is 6.59. The summed E-state index contributed by atoms with van der Waals surface area (Å²) in [7, 11) is 0. The lowest BCUT2D eigenvalue weighted by Gasteiger charge is -2.43. The van der Waals surface area contributed by atoms with Crippen LogP contribution in [0.5, 0.6) is 0 Å². The van der Waals surface area contributed by atoms with Crippen LogP contribution in [0.2, 0.25) is 0 Å². The van der Waals surface area contributed by atoms with Gasteiger partial charge in [-0.2, -0.15) is 0 Å². The Kier molecular flexibility index (Phi) is 3.43. The number of nitrogens with zero attached hydrogens (tertiary/aromatic N) is 1. The third-order valence-corrected chi connectivity index (χ3v) is 5.06. The molecule has 1 fully saturated rings. The third kappa shape index (κ3) is 1.94. The quantitative estimate of drug-likeness (QED) is 0.727. The van der Waals surface area contributed by atoms with E-state index in [9.17, 15) is 19.5 Å². The third-order valence-electron chi connectivity index (χ3n) is 2.71. The summed E-state index contributed by atoms with van der Waals surface area (Å²) in [6.45, 7) is 2.83. The molecule has 0 spiro atoms. The number of rotatable bonds is 3. The maximum Gasteiger partial charge on any atom is 0.354 e. The molecule has 2 heterocycles. The molecular formula is C10H11NO5S2. The van der Waals surface area contributed by atoms with Gasteiger partial charge in [0.25, 0.3) is 0 Å². The fourth-order valence-corrected chi connectivity index (χ4v) is 4.66. The van der Waals surface area contributed by atoms with Gasteiger partial charge in [0.15, 0.2) is 10.8 Å². The van der Waals surface area contributed by atoms with Crippen LogP contribution in [0.4, 0.5) is 0 Å². The van der Waals surface area contributed by atoms with Crippen LogP contribution in [-0.4, -0.2) is 43.6 Å². The zero-order chi connectivity index (χ0) is 13.6. The molecule has 0 aliphatic carbocycles. The minimum absolute atomic E-state index is 0.146. The van der Waals surface area contributed by atoms with Crippen molar-refractivity contribution in [2.75, 3.05) is 0 Å². The van der Waals surface area contributed by atoms with Crippen LogP contribution in [0.3, 0.4) is 0 Å². The Morgan fingerprint density at radius 1 is 1.50 bits per heavy atom. The minimum atomic E-state index is -1.23. The van der Waals surface area contributed by atoms with Crippen molar-refractivity contribution < 1.29 is 24.6 Å². The van der Waals surface area contributed by atoms with E-state index in [1.54, 1.807) is 0 Å². The van der Waals surface area contributed by atoms with E-state index in [2.05, 4.69) is 0 Å². The minimum Gasteiger partial charge on any atom is -0.477 e. The van der Waals surface area contributed by atoms with Crippen molar-refractivity contribution in [1.29, 1.82) is 0 Å². The van der Waals surface area contributed by atoms with E-state index >= 15 is 0 Å². The monoisotopic (exact) mass is 289 g/mol. The molecule has 2 N–H and O–H groups in total. The number of thioether (sulfide) groups is 2. The van der Waals surface area contributed by atoms with Gasteiger partial charge in [0.1, 0.15) is 5.37 Å². The molecule has 18 heavy (non-hydrogen) atoms. The molecule has 1 saturated heterocycles. The van der Waals surface area contributed by atoms with E-state index in [1.807, 2.05) is 0 Å². The van der Waals surface area contributed by atoms with E-state index in [1.165, 1.54) is 13.8 Å². The predicted octanol–water partition coefficient (Wildman–Crippen LogP) is 0.432. The number of aliphatic hydroxyl groups is 1. The van der Waals surface area contributed by atoms with Gasteiger partial charge in [-0.25, -0.2) is 4.79 Å². The average molecular weight is 289 g/mol. The normalized spacial score (nSPS) is 27.9. The van der Waals surface area contributed by atoms with Gasteiger partial charge < -0.3 is 10.2 Å². The van der Waals surface area contributed by atoms with Gasteiger partial charge in [-0.15, -0.1) is 0 Å². The van der Waals surface area contributed by atoms with Gasteiger partial charge >= 0.3 is 5.97 Å². The number of aliphatic carboxylic acids is 1. The molecule has 98 valence electrons. The summed E-state index contributed by atoms with van der Waals surface area (Å²) in [5, 5.41) is 17.9. The molecule has 0 bridgehead atoms. The number of carboxylic acid groups (broad SMARTS) is 1. The van der Waals surface area contributed by atoms with Crippen LogP contribution in [0.25, 0.3) is 0 Å². The Balaban J connectivity index is 2.29. The topological polar surface area (TPSA) is 94.9 Å². The summed E-state index contributed by atoms with van der Waals surface area (Å²) < 4.78 is 0.316. The van der Waals surface area contributed by atoms with Gasteiger partial charge in [-0.05, 0) is 18.7 Å². The highest BCUT2D eigenvalue weighted by atomic mass is 32.2. The second-order valence-electron chi connectivity index (χ2n) is 4.02. The molecule has 0 aromatic carbocycles. The zero-order valence-electron chi connectivity index (χ0n) is 9.61. The molecule has 0 radical (unpaired) electrons. The molecule has 3 atom stereocenters. The fraction of sp³-hybridized carbons (Fsp3) is 0.500. The van der Waals surface area contributed by atoms with E-state index in [4.69, 9.17) is 5.11 Å². The Labute approximate surface area is 111 Å². The number of carboxylic acids is 1. The fourth-order valence-electron chi connectivity index (χ4n) is 1.95. The lowest BCUT2D eigenvalue weighted by atomic mass is 9.92. The van der Waals surface area contributed by atoms with Crippen molar-refractivity contribution >= 4 is 40.5 Å². The van der Waals surface area contributed by atoms with E-state index in [0.29, 0.717) is 4.24 Å². The van der Waals surface area contributed by atoms with Crippen molar-refractivity contribution in [3.8, 4) is 0 Å². The van der Waals surface area contributed by atoms with Crippen LogP contribution < -0.4 is 0 Å². The highest BCUT2D eigenvalue weighted by Gasteiger charge is 2.57. The van der Waals surface area contributed by atoms with Crippen LogP contribution in [0, 0.1) is 5.92 Å². The van der Waals surface area contributed by atoms with Crippen molar-refractivity contribution in [3.63, 3.8) is 0 Å². The van der Waals surface area contributed by atoms with Crippen LogP contribution in [0.15, 0.2) is 9.93 Å². The number of β-lactam (4-membered cyclic amide) rings is 1. The zero-order valence-corrected chi connectivity index (χ0v) is 11.2. The maximum absolute atomic E-state index is 11.8. The Bertz CT molecular complexity index is 473. The highest BCUT2D eigenvalue weighted by Crippen LogP contribution is 2.53. The summed E-state index contributed by atoms with van der Waals surface area (Å²) in [5.41, 5.74) is -0.146. The molecule has 1 amide bonds. The van der Waals surface area contributed by atoms with Crippen molar-refractivity contribution in [1.82, 2.24) is 4.90 Å². The van der Waals surface area contributed by atoms with Crippen molar-refractivity contribution in [2.45, 2.75) is 25.3 Å². The molecule has 2 rings (SSSR count). The summed E-state index contributed by atoms with van der Waals surface area (Å²) >= 11 is 1.96. The number of amides is 1. The Morgan fingerprint density at radius 3 is 2.56 bits per heavy atom. The lowest BCUT2D eigenvalue weighted by molar-refractivity contribution is -0.156. The van der Waals surface area contributed by atoms with E-state index < -0.39 is 29.3 Å². The SMILES string of the molecule is CC(=O)SC1=C(C(=O)O)N2C(=O)[C@H]([C@@H](C)O)C2S1. The highest BCUT2D eigenvalue weighted by molar-refractivity contribution is 8.29. The number of carbonyl (C=O) groups is 3. The average Bonchev–Trinajstić information content (AvgIpc) is 2.51. The summed E-state index contributed by atoms with van der Waals surface area (Å²) in [4.78, 5) is 35.2. The summed E-state index contributed by atoms with van der Waals surface area (Å²) in [5.74, 6) is -2.24. The molecule has 1 unspecified atom stereocenters. The van der Waals surface area contributed by atoms with E-state index in [0.717, 1.165) is 28.4 Å². The molecular weight excluding hydrogens is 278 g/mol. The van der Waals surface area contributed by atoms with Crippen LogP contribution in [0.1, 0.15) is 13.8 Å². The largest absolute Gasteiger partial charge is 0.477 e. The van der Waals surface area contributed by atoms with Crippen LogP contribution >= 0.6 is 23.5 Å². The second kappa shape index (κ2) is 4.60. The van der Waals surface area contributed by atoms with Crippen molar-refractivity contribution in [2.24, 2.45) is 5.92 Å². The van der Waals surface area contributed by atoms with Gasteiger partial charge in [0, 0.05) is 6.92 Å². The smallest absolute Gasteiger partial charge is 0.354 e. The summed E-state index contributed by atoms with van der Waals surface area (Å²) in [6, 6.07) is 0. The standard InChI is InChI=1S/C10H11NO5S2/c1-3(12)5-7(14)11-6(9(15)16)10(17-4(2)13)18-8(5)11/h3,5,8,12H,1-2H3,(H,15,16)/t3-,5+,8?/m1/s1. The maximum atomic E-state index is 11.8. The number of carbonyl (C=O) groups excluding carboxylic acids is 2. The Hall–Kier alpha value is -0.990. The number of hydrogen-bond donors (Lipinski definition) is 2. The predicted molar refractivity (Wildman–Crippen MR) is 66.3 cm³/mol. The summed E-state index contributed by atoms with van der Waals surface area (Å²) in [6.07, 6.45) is -0.831. The molecule has 0 saturated carbocycles. The molecule has 6 nitrogen and oxygen atoms in total. The first-order chi connectivity index (χ1) is 8.34. The molecule has 0 aromatic rings. The van der Waals surface area contributed by atoms with Gasteiger partial charge in [0.05, 0.1) is 16.3 Å². The van der Waals surface area contributed by atoms with Crippen LogP contribution in [-0.2, 0) is 14.4 Å². The first kappa shape index (κ1) is 13.4. The van der Waals surface area contributed by atoms with Gasteiger partial charge in [-0.1, -0.05) is 11.8 Å². The lowest BCUT2D eigenvalue weighted by Crippen LogP contribution is -2.60. The molecule has 0 aromatic heterocycles. The molecule has 2 aliphatic rings. The molecule has 8 heteroatoms. The van der Waals surface area contributed by atoms with Gasteiger partial charge in [-0.3, -0.25) is 14.5 Å². The first-order valence-electron chi connectivity index (χ1n) is 5.18. The van der Waals surface area contributed by atoms with E-state index in [-0.39, 0.29) is 10.8 Å². The van der Waals surface area contributed by atoms with Gasteiger partial charge in [0.2, 0.25) is 5.91 Å².